The van der Waals surface area contributed by atoms with Crippen LogP contribution >= 0.6 is 15.9 Å². The van der Waals surface area contributed by atoms with Crippen LogP contribution in [0.4, 0.5) is 0 Å². The van der Waals surface area contributed by atoms with Crippen LogP contribution in [0.3, 0.4) is 0 Å². The number of aliphatic carboxylic acids is 1. The van der Waals surface area contributed by atoms with E-state index in [2.05, 4.69) is 21.7 Å². The number of carboxylic acids is 1. The van der Waals surface area contributed by atoms with Gasteiger partial charge in [0, 0.05) is 5.33 Å². The minimum atomic E-state index is -1.08. The molecule has 0 unspecified atom stereocenters. The maximum Gasteiger partial charge on any atom is 0.0634 e. The van der Waals surface area contributed by atoms with Crippen LogP contribution in [0.15, 0.2) is 0 Å². The van der Waals surface area contributed by atoms with E-state index < -0.39 is 5.97 Å². The van der Waals surface area contributed by atoms with Crippen molar-refractivity contribution in [3.05, 3.63) is 0 Å². The van der Waals surface area contributed by atoms with Crippen LogP contribution in [0.1, 0.15) is 0 Å². The maximum absolute atomic E-state index is 9.21. The molecule has 44 valence electrons. The lowest BCUT2D eigenvalue weighted by Crippen LogP contribution is -2.40. The quantitative estimate of drug-likeness (QED) is 0.462. The summed E-state index contributed by atoms with van der Waals surface area (Å²) in [6.07, 6.45) is 0. The lowest BCUT2D eigenvalue weighted by atomic mass is 10.8. The highest BCUT2D eigenvalue weighted by atomic mass is 79.9. The number of hydrogen-bond donors (Lipinski definition) is 1. The Morgan fingerprint density at radius 1 is 1.86 bits per heavy atom. The Morgan fingerprint density at radius 2 is 2.00 bits per heavy atom. The first kappa shape index (κ1) is 10.0. The molecular weight excluding hydrogens is 162 g/mol. The fourth-order valence-corrected chi connectivity index (χ4v) is 0. The Bertz CT molecular complexity index is 48.2. The second-order valence-electron chi connectivity index (χ2n) is 0.506. The molecule has 0 aliphatic heterocycles. The number of carbonyl (C=O) groups is 1. The molecule has 0 aromatic heterocycles. The first-order valence-corrected chi connectivity index (χ1v) is 2.86. The Hall–Kier alpha value is -0.0900. The van der Waals surface area contributed by atoms with Crippen molar-refractivity contribution in [3.63, 3.8) is 0 Å². The van der Waals surface area contributed by atoms with Gasteiger partial charge in [-0.25, -0.2) is 0 Å². The lowest BCUT2D eigenvalue weighted by molar-refractivity contribution is -0.325. The van der Waals surface area contributed by atoms with Gasteiger partial charge in [0.05, 0.1) is 13.0 Å². The molecule has 0 fully saturated rings. The van der Waals surface area contributed by atoms with Gasteiger partial charge >= 0.3 is 0 Å². The summed E-state index contributed by atoms with van der Waals surface area (Å²) in [4.78, 5) is 9.21. The average molecular weight is 170 g/mol. The fourth-order valence-electron chi connectivity index (χ4n) is 0. The summed E-state index contributed by atoms with van der Waals surface area (Å²) in [5.74, 6) is -1.08. The normalized spacial score (nSPS) is 6.14. The standard InChI is InChI=1S/C2H3BrO2.CH5N/c3-1-2(4)5;1-2/h1H2,(H,4,5);2H2,1H3. The van der Waals surface area contributed by atoms with E-state index in [0.717, 1.165) is 0 Å². The maximum atomic E-state index is 9.21. The predicted octanol–water partition coefficient (Wildman–Crippen LogP) is -2.01. The van der Waals surface area contributed by atoms with Crippen molar-refractivity contribution in [2.75, 3.05) is 12.4 Å². The predicted molar refractivity (Wildman–Crippen MR) is 27.6 cm³/mol. The van der Waals surface area contributed by atoms with Gasteiger partial charge in [0.15, 0.2) is 0 Å². The summed E-state index contributed by atoms with van der Waals surface area (Å²) in [6.45, 7) is 0. The Labute approximate surface area is 50.6 Å². The zero-order valence-electron chi connectivity index (χ0n) is 4.11. The highest BCUT2D eigenvalue weighted by Gasteiger charge is 1.67. The number of carbonyl (C=O) groups excluding carboxylic acids is 1. The molecule has 0 heterocycles. The van der Waals surface area contributed by atoms with Gasteiger partial charge in [0.25, 0.3) is 0 Å². The molecule has 0 saturated carbocycles. The molecule has 3 nitrogen and oxygen atoms in total. The van der Waals surface area contributed by atoms with Crippen LogP contribution in [0.25, 0.3) is 0 Å². The summed E-state index contributed by atoms with van der Waals surface area (Å²) >= 11 is 2.65. The number of rotatable bonds is 1. The van der Waals surface area contributed by atoms with Crippen molar-refractivity contribution < 1.29 is 15.6 Å². The smallest absolute Gasteiger partial charge is 0.0634 e. The second kappa shape index (κ2) is 9.32. The third-order valence-corrected chi connectivity index (χ3v) is 0.567. The van der Waals surface area contributed by atoms with E-state index in [4.69, 9.17) is 0 Å². The van der Waals surface area contributed by atoms with E-state index in [1.54, 1.807) is 7.05 Å². The molecule has 0 amide bonds. The SMILES string of the molecule is C[NH3+].O=C([O-])CBr. The molecule has 7 heavy (non-hydrogen) atoms. The summed E-state index contributed by atoms with van der Waals surface area (Å²) in [5.41, 5.74) is 3.25. The van der Waals surface area contributed by atoms with E-state index >= 15 is 0 Å². The van der Waals surface area contributed by atoms with E-state index in [1.807, 2.05) is 0 Å². The zero-order chi connectivity index (χ0) is 6.28. The van der Waals surface area contributed by atoms with Gasteiger partial charge in [0.1, 0.15) is 0 Å². The van der Waals surface area contributed by atoms with Gasteiger partial charge in [-0.3, -0.25) is 0 Å². The van der Waals surface area contributed by atoms with Crippen LogP contribution < -0.4 is 10.8 Å². The molecule has 3 N–H and O–H groups in total. The van der Waals surface area contributed by atoms with Gasteiger partial charge in [0.2, 0.25) is 0 Å². The number of halogens is 1. The van der Waals surface area contributed by atoms with Crippen LogP contribution in [0.5, 0.6) is 0 Å². The molecule has 0 atom stereocenters. The molecule has 0 radical (unpaired) electrons. The molecule has 0 saturated heterocycles. The first-order chi connectivity index (χ1) is 3.27. The monoisotopic (exact) mass is 169 g/mol. The minimum Gasteiger partial charge on any atom is -0.549 e. The minimum absolute atomic E-state index is 0.0764. The van der Waals surface area contributed by atoms with E-state index in [0.29, 0.717) is 0 Å². The third-order valence-electron chi connectivity index (χ3n) is 0.109. The van der Waals surface area contributed by atoms with Crippen molar-refractivity contribution in [3.8, 4) is 0 Å². The van der Waals surface area contributed by atoms with Crippen molar-refractivity contribution in [2.24, 2.45) is 0 Å². The summed E-state index contributed by atoms with van der Waals surface area (Å²) in [7, 11) is 1.75. The van der Waals surface area contributed by atoms with Gasteiger partial charge < -0.3 is 15.6 Å². The molecule has 0 aromatic carbocycles. The van der Waals surface area contributed by atoms with Crippen LogP contribution in [0.2, 0.25) is 0 Å². The third kappa shape index (κ3) is 24.8. The lowest BCUT2D eigenvalue weighted by Gasteiger charge is -1.85. The average Bonchev–Trinajstić information content (AvgIpc) is 1.73. The molecule has 0 spiro atoms. The molecule has 0 rings (SSSR count). The highest BCUT2D eigenvalue weighted by Crippen LogP contribution is 1.70. The molecule has 0 aliphatic rings. The largest absolute Gasteiger partial charge is 0.549 e. The van der Waals surface area contributed by atoms with Crippen molar-refractivity contribution in [1.29, 1.82) is 0 Å². The van der Waals surface area contributed by atoms with E-state index in [9.17, 15) is 9.90 Å². The van der Waals surface area contributed by atoms with Crippen molar-refractivity contribution >= 4 is 21.9 Å². The molecule has 0 bridgehead atoms. The Balaban J connectivity index is 0. The number of hydrogen-bond acceptors (Lipinski definition) is 2. The van der Waals surface area contributed by atoms with Crippen LogP contribution in [0, 0.1) is 0 Å². The van der Waals surface area contributed by atoms with Gasteiger partial charge in [-0.1, -0.05) is 15.9 Å². The summed E-state index contributed by atoms with van der Waals surface area (Å²) in [6, 6.07) is 0. The molecular formula is C3H8BrNO2. The number of carboxylic acid groups (broad SMARTS) is 1. The fraction of sp³-hybridized carbons (Fsp3) is 0.667. The second-order valence-corrected chi connectivity index (χ2v) is 1.07. The Kier molecular flexibility index (Phi) is 13.3. The first-order valence-electron chi connectivity index (χ1n) is 1.74. The van der Waals surface area contributed by atoms with Crippen molar-refractivity contribution in [1.82, 2.24) is 0 Å². The van der Waals surface area contributed by atoms with Gasteiger partial charge in [-0.2, -0.15) is 0 Å². The summed E-state index contributed by atoms with van der Waals surface area (Å²) < 4.78 is 0. The van der Waals surface area contributed by atoms with Crippen LogP contribution in [-0.2, 0) is 4.79 Å². The zero-order valence-corrected chi connectivity index (χ0v) is 5.69. The number of quaternary nitrogens is 1. The summed E-state index contributed by atoms with van der Waals surface area (Å²) in [5, 5.41) is 9.13. The molecule has 0 aromatic rings. The highest BCUT2D eigenvalue weighted by molar-refractivity contribution is 9.09. The molecule has 4 heteroatoms. The van der Waals surface area contributed by atoms with Gasteiger partial charge in [-0.05, 0) is 0 Å². The number of alkyl halides is 1. The van der Waals surface area contributed by atoms with E-state index in [1.165, 1.54) is 0 Å². The van der Waals surface area contributed by atoms with Gasteiger partial charge in [-0.15, -0.1) is 0 Å². The molecule has 0 aliphatic carbocycles. The van der Waals surface area contributed by atoms with Crippen LogP contribution in [-0.4, -0.2) is 18.3 Å². The topological polar surface area (TPSA) is 67.8 Å². The Morgan fingerprint density at radius 3 is 2.00 bits per heavy atom. The van der Waals surface area contributed by atoms with E-state index in [-0.39, 0.29) is 5.33 Å². The van der Waals surface area contributed by atoms with Crippen molar-refractivity contribution in [2.45, 2.75) is 0 Å².